The number of carbonyl (C=O) groups is 1. The SMILES string of the molecule is CCCN(C(=O)CC(C)c1cccc(OC)c1)C1CCNCC1. The standard InChI is InChI=1S/C19H30N2O2/c1-4-12-21(17-8-10-20-11-9-17)19(22)13-15(2)16-6-5-7-18(14-16)23-3/h5-7,14-15,17,20H,4,8-13H2,1-3H3. The van der Waals surface area contributed by atoms with Crippen molar-refractivity contribution in [3.63, 3.8) is 0 Å². The molecular formula is C19H30N2O2. The van der Waals surface area contributed by atoms with E-state index < -0.39 is 0 Å². The Balaban J connectivity index is 2.01. The van der Waals surface area contributed by atoms with Gasteiger partial charge in [-0.3, -0.25) is 4.79 Å². The first-order chi connectivity index (χ1) is 11.2. The number of methoxy groups -OCH3 is 1. The minimum Gasteiger partial charge on any atom is -0.497 e. The first-order valence-electron chi connectivity index (χ1n) is 8.79. The Morgan fingerprint density at radius 2 is 2.13 bits per heavy atom. The monoisotopic (exact) mass is 318 g/mol. The summed E-state index contributed by atoms with van der Waals surface area (Å²) in [5.41, 5.74) is 1.17. The molecule has 128 valence electrons. The molecule has 1 aliphatic heterocycles. The molecule has 2 rings (SSSR count). The molecule has 1 aromatic rings. The van der Waals surface area contributed by atoms with Crippen LogP contribution in [0.2, 0.25) is 0 Å². The van der Waals surface area contributed by atoms with Crippen LogP contribution in [0.4, 0.5) is 0 Å². The second-order valence-electron chi connectivity index (χ2n) is 6.45. The highest BCUT2D eigenvalue weighted by Gasteiger charge is 2.25. The maximum absolute atomic E-state index is 12.8. The minimum absolute atomic E-state index is 0.207. The molecule has 0 saturated carbocycles. The van der Waals surface area contributed by atoms with Crippen LogP contribution in [0.1, 0.15) is 51.0 Å². The average molecular weight is 318 g/mol. The van der Waals surface area contributed by atoms with Crippen LogP contribution < -0.4 is 10.1 Å². The van der Waals surface area contributed by atoms with E-state index in [2.05, 4.69) is 30.1 Å². The summed E-state index contributed by atoms with van der Waals surface area (Å²) >= 11 is 0. The van der Waals surface area contributed by atoms with Crippen LogP contribution in [0, 0.1) is 0 Å². The third kappa shape index (κ3) is 4.96. The fraction of sp³-hybridized carbons (Fsp3) is 0.632. The van der Waals surface area contributed by atoms with Crippen LogP contribution >= 0.6 is 0 Å². The molecule has 0 spiro atoms. The van der Waals surface area contributed by atoms with Crippen molar-refractivity contribution in [3.05, 3.63) is 29.8 Å². The summed E-state index contributed by atoms with van der Waals surface area (Å²) in [7, 11) is 1.68. The lowest BCUT2D eigenvalue weighted by atomic mass is 9.95. The van der Waals surface area contributed by atoms with Gasteiger partial charge in [0, 0.05) is 19.0 Å². The molecule has 1 heterocycles. The normalized spacial score (nSPS) is 16.8. The van der Waals surface area contributed by atoms with Crippen molar-refractivity contribution in [2.75, 3.05) is 26.7 Å². The lowest BCUT2D eigenvalue weighted by molar-refractivity contribution is -0.134. The zero-order chi connectivity index (χ0) is 16.7. The number of nitrogens with one attached hydrogen (secondary N) is 1. The number of amides is 1. The Morgan fingerprint density at radius 3 is 2.78 bits per heavy atom. The number of nitrogens with zero attached hydrogens (tertiary/aromatic N) is 1. The Kier molecular flexibility index (Phi) is 6.90. The molecular weight excluding hydrogens is 288 g/mol. The topological polar surface area (TPSA) is 41.6 Å². The summed E-state index contributed by atoms with van der Waals surface area (Å²) in [6, 6.07) is 8.45. The van der Waals surface area contributed by atoms with E-state index in [1.807, 2.05) is 18.2 Å². The van der Waals surface area contributed by atoms with Crippen LogP contribution in [-0.2, 0) is 4.79 Å². The first kappa shape index (κ1) is 17.8. The zero-order valence-electron chi connectivity index (χ0n) is 14.7. The molecule has 23 heavy (non-hydrogen) atoms. The van der Waals surface area contributed by atoms with Crippen molar-refractivity contribution in [2.24, 2.45) is 0 Å². The van der Waals surface area contributed by atoms with Crippen LogP contribution in [0.15, 0.2) is 24.3 Å². The minimum atomic E-state index is 0.207. The summed E-state index contributed by atoms with van der Waals surface area (Å²) in [6.07, 6.45) is 3.72. The number of rotatable bonds is 7. The number of piperidine rings is 1. The third-order valence-electron chi connectivity index (χ3n) is 4.68. The van der Waals surface area contributed by atoms with E-state index in [-0.39, 0.29) is 11.8 Å². The summed E-state index contributed by atoms with van der Waals surface area (Å²) in [6.45, 7) is 7.17. The average Bonchev–Trinajstić information content (AvgIpc) is 2.60. The van der Waals surface area contributed by atoms with Gasteiger partial charge in [0.15, 0.2) is 0 Å². The molecule has 1 aromatic carbocycles. The van der Waals surface area contributed by atoms with Gasteiger partial charge in [-0.25, -0.2) is 0 Å². The lowest BCUT2D eigenvalue weighted by Crippen LogP contribution is -2.46. The molecule has 1 fully saturated rings. The molecule has 0 bridgehead atoms. The maximum atomic E-state index is 12.8. The highest BCUT2D eigenvalue weighted by molar-refractivity contribution is 5.77. The Hall–Kier alpha value is -1.55. The van der Waals surface area contributed by atoms with Crippen molar-refractivity contribution >= 4 is 5.91 Å². The van der Waals surface area contributed by atoms with Crippen molar-refractivity contribution in [1.29, 1.82) is 0 Å². The van der Waals surface area contributed by atoms with Crippen molar-refractivity contribution in [3.8, 4) is 5.75 Å². The van der Waals surface area contributed by atoms with Crippen LogP contribution in [0.5, 0.6) is 5.75 Å². The Labute approximate surface area is 140 Å². The number of benzene rings is 1. The summed E-state index contributed by atoms with van der Waals surface area (Å²) in [5, 5.41) is 3.38. The quantitative estimate of drug-likeness (QED) is 0.839. The molecule has 1 unspecified atom stereocenters. The van der Waals surface area contributed by atoms with Gasteiger partial charge >= 0.3 is 0 Å². The third-order valence-corrected chi connectivity index (χ3v) is 4.68. The number of hydrogen-bond donors (Lipinski definition) is 1. The van der Waals surface area contributed by atoms with E-state index in [0.29, 0.717) is 12.5 Å². The molecule has 1 atom stereocenters. The molecule has 0 aliphatic carbocycles. The van der Waals surface area contributed by atoms with E-state index in [9.17, 15) is 4.79 Å². The Bertz CT molecular complexity index is 498. The largest absolute Gasteiger partial charge is 0.497 e. The number of carbonyl (C=O) groups excluding carboxylic acids is 1. The molecule has 1 aliphatic rings. The van der Waals surface area contributed by atoms with Gasteiger partial charge in [0.25, 0.3) is 0 Å². The van der Waals surface area contributed by atoms with Gasteiger partial charge in [0.1, 0.15) is 5.75 Å². The first-order valence-corrected chi connectivity index (χ1v) is 8.79. The second-order valence-corrected chi connectivity index (χ2v) is 6.45. The fourth-order valence-electron chi connectivity index (χ4n) is 3.32. The molecule has 0 radical (unpaired) electrons. The van der Waals surface area contributed by atoms with Gasteiger partial charge in [-0.15, -0.1) is 0 Å². The molecule has 1 amide bonds. The molecule has 4 heteroatoms. The van der Waals surface area contributed by atoms with Gasteiger partial charge in [-0.2, -0.15) is 0 Å². The van der Waals surface area contributed by atoms with Crippen molar-refractivity contribution in [2.45, 2.75) is 51.5 Å². The van der Waals surface area contributed by atoms with E-state index in [1.54, 1.807) is 7.11 Å². The van der Waals surface area contributed by atoms with Crippen LogP contribution in [0.3, 0.4) is 0 Å². The van der Waals surface area contributed by atoms with E-state index in [4.69, 9.17) is 4.74 Å². The van der Waals surface area contributed by atoms with E-state index in [0.717, 1.165) is 44.6 Å². The zero-order valence-corrected chi connectivity index (χ0v) is 14.7. The molecule has 0 aromatic heterocycles. The Morgan fingerprint density at radius 1 is 1.39 bits per heavy atom. The molecule has 4 nitrogen and oxygen atoms in total. The maximum Gasteiger partial charge on any atom is 0.223 e. The number of ether oxygens (including phenoxy) is 1. The molecule has 1 saturated heterocycles. The highest BCUT2D eigenvalue weighted by atomic mass is 16.5. The fourth-order valence-corrected chi connectivity index (χ4v) is 3.32. The van der Waals surface area contributed by atoms with Crippen molar-refractivity contribution in [1.82, 2.24) is 10.2 Å². The van der Waals surface area contributed by atoms with Crippen molar-refractivity contribution < 1.29 is 9.53 Å². The summed E-state index contributed by atoms with van der Waals surface area (Å²) in [5.74, 6) is 1.35. The lowest BCUT2D eigenvalue weighted by Gasteiger charge is -2.35. The summed E-state index contributed by atoms with van der Waals surface area (Å²) in [4.78, 5) is 15.0. The second kappa shape index (κ2) is 8.92. The predicted molar refractivity (Wildman–Crippen MR) is 93.9 cm³/mol. The smallest absolute Gasteiger partial charge is 0.223 e. The van der Waals surface area contributed by atoms with Gasteiger partial charge in [-0.1, -0.05) is 26.0 Å². The van der Waals surface area contributed by atoms with Gasteiger partial charge in [0.2, 0.25) is 5.91 Å². The van der Waals surface area contributed by atoms with E-state index in [1.165, 1.54) is 5.56 Å². The highest BCUT2D eigenvalue weighted by Crippen LogP contribution is 2.25. The molecule has 1 N–H and O–H groups in total. The predicted octanol–water partition coefficient (Wildman–Crippen LogP) is 3.18. The summed E-state index contributed by atoms with van der Waals surface area (Å²) < 4.78 is 5.29. The van der Waals surface area contributed by atoms with E-state index >= 15 is 0 Å². The van der Waals surface area contributed by atoms with Gasteiger partial charge in [0.05, 0.1) is 7.11 Å². The van der Waals surface area contributed by atoms with Gasteiger partial charge in [-0.05, 0) is 56.0 Å². The van der Waals surface area contributed by atoms with Gasteiger partial charge < -0.3 is 15.0 Å². The van der Waals surface area contributed by atoms with Crippen LogP contribution in [-0.4, -0.2) is 43.6 Å². The van der Waals surface area contributed by atoms with Crippen LogP contribution in [0.25, 0.3) is 0 Å². The number of hydrogen-bond acceptors (Lipinski definition) is 3.